The van der Waals surface area contributed by atoms with Crippen molar-refractivity contribution in [3.63, 3.8) is 0 Å². The number of hydrogen-bond donors (Lipinski definition) is 1. The Balaban J connectivity index is 2.29. The van der Waals surface area contributed by atoms with Crippen LogP contribution in [0, 0.1) is 0 Å². The molecule has 0 bridgehead atoms. The standard InChI is InChI=1S/C13H23N3/c1-10(2)16-12(7-8-14)9-15-13(16)11-5-3-4-6-11/h9-11H,3-8,14H2,1-2H3. The second-order valence-corrected chi connectivity index (χ2v) is 5.09. The van der Waals surface area contributed by atoms with E-state index in [-0.39, 0.29) is 0 Å². The summed E-state index contributed by atoms with van der Waals surface area (Å²) in [5.74, 6) is 1.99. The van der Waals surface area contributed by atoms with Gasteiger partial charge < -0.3 is 10.3 Å². The summed E-state index contributed by atoms with van der Waals surface area (Å²) in [6, 6.07) is 0.500. The molecule has 2 rings (SSSR count). The summed E-state index contributed by atoms with van der Waals surface area (Å²) in [7, 11) is 0. The zero-order chi connectivity index (χ0) is 11.5. The Hall–Kier alpha value is -0.830. The zero-order valence-electron chi connectivity index (χ0n) is 10.4. The van der Waals surface area contributed by atoms with E-state index in [2.05, 4.69) is 23.4 Å². The van der Waals surface area contributed by atoms with Crippen molar-refractivity contribution in [1.82, 2.24) is 9.55 Å². The van der Waals surface area contributed by atoms with Gasteiger partial charge in [0.1, 0.15) is 5.82 Å². The molecule has 3 heteroatoms. The summed E-state index contributed by atoms with van der Waals surface area (Å²) < 4.78 is 2.41. The summed E-state index contributed by atoms with van der Waals surface area (Å²) in [5, 5.41) is 0. The van der Waals surface area contributed by atoms with Crippen molar-refractivity contribution in [3.8, 4) is 0 Å². The van der Waals surface area contributed by atoms with Gasteiger partial charge >= 0.3 is 0 Å². The molecule has 1 fully saturated rings. The largest absolute Gasteiger partial charge is 0.330 e. The molecule has 0 amide bonds. The first kappa shape index (κ1) is 11.6. The minimum absolute atomic E-state index is 0.500. The molecule has 1 aliphatic rings. The predicted molar refractivity (Wildman–Crippen MR) is 66.6 cm³/mol. The van der Waals surface area contributed by atoms with Crippen LogP contribution in [0.1, 0.15) is 63.0 Å². The maximum Gasteiger partial charge on any atom is 0.112 e. The van der Waals surface area contributed by atoms with E-state index in [1.54, 1.807) is 0 Å². The molecule has 1 aromatic rings. The van der Waals surface area contributed by atoms with E-state index in [1.807, 2.05) is 6.20 Å². The molecule has 2 N–H and O–H groups in total. The van der Waals surface area contributed by atoms with Crippen molar-refractivity contribution in [3.05, 3.63) is 17.7 Å². The number of rotatable bonds is 4. The van der Waals surface area contributed by atoms with Crippen LogP contribution in [0.5, 0.6) is 0 Å². The zero-order valence-corrected chi connectivity index (χ0v) is 10.4. The molecular formula is C13H23N3. The average Bonchev–Trinajstić information content (AvgIpc) is 2.83. The van der Waals surface area contributed by atoms with E-state index in [0.717, 1.165) is 6.42 Å². The van der Waals surface area contributed by atoms with Gasteiger partial charge in [-0.05, 0) is 33.2 Å². The first-order valence-electron chi connectivity index (χ1n) is 6.50. The van der Waals surface area contributed by atoms with Gasteiger partial charge in [-0.15, -0.1) is 0 Å². The van der Waals surface area contributed by atoms with E-state index in [4.69, 9.17) is 5.73 Å². The molecule has 16 heavy (non-hydrogen) atoms. The van der Waals surface area contributed by atoms with Gasteiger partial charge in [0.15, 0.2) is 0 Å². The van der Waals surface area contributed by atoms with Crippen LogP contribution >= 0.6 is 0 Å². The lowest BCUT2D eigenvalue weighted by Crippen LogP contribution is -2.14. The van der Waals surface area contributed by atoms with Gasteiger partial charge in [-0.2, -0.15) is 0 Å². The maximum atomic E-state index is 5.65. The molecule has 1 aliphatic carbocycles. The molecular weight excluding hydrogens is 198 g/mol. The third-order valence-corrected chi connectivity index (χ3v) is 3.54. The smallest absolute Gasteiger partial charge is 0.112 e. The van der Waals surface area contributed by atoms with E-state index >= 15 is 0 Å². The Kier molecular flexibility index (Phi) is 3.64. The highest BCUT2D eigenvalue weighted by Gasteiger charge is 2.23. The summed E-state index contributed by atoms with van der Waals surface area (Å²) in [6.07, 6.45) is 8.32. The number of hydrogen-bond acceptors (Lipinski definition) is 2. The molecule has 0 radical (unpaired) electrons. The molecule has 0 aliphatic heterocycles. The number of imidazole rings is 1. The Labute approximate surface area is 98.1 Å². The lowest BCUT2D eigenvalue weighted by Gasteiger charge is -2.18. The van der Waals surface area contributed by atoms with Crippen molar-refractivity contribution in [2.24, 2.45) is 5.73 Å². The fourth-order valence-electron chi connectivity index (χ4n) is 2.83. The van der Waals surface area contributed by atoms with E-state index < -0.39 is 0 Å². The SMILES string of the molecule is CC(C)n1c(CCN)cnc1C1CCCC1. The minimum atomic E-state index is 0.500. The van der Waals surface area contributed by atoms with Crippen LogP contribution in [-0.4, -0.2) is 16.1 Å². The van der Waals surface area contributed by atoms with Crippen LogP contribution in [-0.2, 0) is 6.42 Å². The first-order chi connectivity index (χ1) is 7.74. The molecule has 0 aromatic carbocycles. The Morgan fingerprint density at radius 1 is 1.44 bits per heavy atom. The summed E-state index contributed by atoms with van der Waals surface area (Å²) in [4.78, 5) is 4.65. The van der Waals surface area contributed by atoms with Crippen molar-refractivity contribution < 1.29 is 0 Å². The van der Waals surface area contributed by atoms with Crippen LogP contribution in [0.2, 0.25) is 0 Å². The van der Waals surface area contributed by atoms with Gasteiger partial charge in [0, 0.05) is 30.3 Å². The van der Waals surface area contributed by atoms with Crippen LogP contribution in [0.15, 0.2) is 6.20 Å². The lowest BCUT2D eigenvalue weighted by molar-refractivity contribution is 0.512. The molecule has 0 spiro atoms. The summed E-state index contributed by atoms with van der Waals surface area (Å²) in [6.45, 7) is 5.18. The number of nitrogens with two attached hydrogens (primary N) is 1. The van der Waals surface area contributed by atoms with Gasteiger partial charge in [0.2, 0.25) is 0 Å². The third-order valence-electron chi connectivity index (χ3n) is 3.54. The average molecular weight is 221 g/mol. The Bertz CT molecular complexity index is 335. The second kappa shape index (κ2) is 5.00. The Morgan fingerprint density at radius 2 is 2.12 bits per heavy atom. The monoisotopic (exact) mass is 221 g/mol. The second-order valence-electron chi connectivity index (χ2n) is 5.09. The van der Waals surface area contributed by atoms with Crippen molar-refractivity contribution >= 4 is 0 Å². The van der Waals surface area contributed by atoms with Crippen molar-refractivity contribution in [2.45, 2.75) is 57.9 Å². The highest BCUT2D eigenvalue weighted by molar-refractivity contribution is 5.12. The molecule has 1 heterocycles. The molecule has 1 saturated carbocycles. The van der Waals surface area contributed by atoms with E-state index in [9.17, 15) is 0 Å². The molecule has 90 valence electrons. The Morgan fingerprint density at radius 3 is 2.69 bits per heavy atom. The fraction of sp³-hybridized carbons (Fsp3) is 0.769. The van der Waals surface area contributed by atoms with E-state index in [0.29, 0.717) is 18.5 Å². The fourth-order valence-corrected chi connectivity index (χ4v) is 2.83. The number of aromatic nitrogens is 2. The van der Waals surface area contributed by atoms with Gasteiger partial charge in [-0.25, -0.2) is 4.98 Å². The topological polar surface area (TPSA) is 43.8 Å². The molecule has 0 saturated heterocycles. The van der Waals surface area contributed by atoms with Crippen LogP contribution in [0.4, 0.5) is 0 Å². The summed E-state index contributed by atoms with van der Waals surface area (Å²) in [5.41, 5.74) is 6.96. The molecule has 3 nitrogen and oxygen atoms in total. The highest BCUT2D eigenvalue weighted by Crippen LogP contribution is 2.34. The van der Waals surface area contributed by atoms with Crippen molar-refractivity contribution in [1.29, 1.82) is 0 Å². The molecule has 1 aromatic heterocycles. The van der Waals surface area contributed by atoms with Gasteiger partial charge in [-0.1, -0.05) is 12.8 Å². The third kappa shape index (κ3) is 2.14. The van der Waals surface area contributed by atoms with Gasteiger partial charge in [0.05, 0.1) is 0 Å². The highest BCUT2D eigenvalue weighted by atomic mass is 15.1. The van der Waals surface area contributed by atoms with E-state index in [1.165, 1.54) is 37.2 Å². The summed E-state index contributed by atoms with van der Waals surface area (Å²) >= 11 is 0. The van der Waals surface area contributed by atoms with Crippen molar-refractivity contribution in [2.75, 3.05) is 6.54 Å². The lowest BCUT2D eigenvalue weighted by atomic mass is 10.1. The first-order valence-corrected chi connectivity index (χ1v) is 6.50. The predicted octanol–water partition coefficient (Wildman–Crippen LogP) is 2.62. The van der Waals surface area contributed by atoms with Crippen LogP contribution in [0.3, 0.4) is 0 Å². The minimum Gasteiger partial charge on any atom is -0.330 e. The van der Waals surface area contributed by atoms with Crippen LogP contribution in [0.25, 0.3) is 0 Å². The molecule has 0 unspecified atom stereocenters. The van der Waals surface area contributed by atoms with Gasteiger partial charge in [-0.3, -0.25) is 0 Å². The molecule has 0 atom stereocenters. The van der Waals surface area contributed by atoms with Gasteiger partial charge in [0.25, 0.3) is 0 Å². The quantitative estimate of drug-likeness (QED) is 0.849. The number of nitrogens with zero attached hydrogens (tertiary/aromatic N) is 2. The maximum absolute atomic E-state index is 5.65. The van der Waals surface area contributed by atoms with Crippen LogP contribution < -0.4 is 5.73 Å². The normalized spacial score (nSPS) is 17.5.